The minimum absolute atomic E-state index is 0.182. The number of nitrogens with zero attached hydrogens (tertiary/aromatic N) is 2. The Morgan fingerprint density at radius 1 is 1.09 bits per heavy atom. The van der Waals surface area contributed by atoms with E-state index in [0.29, 0.717) is 5.56 Å². The molecule has 22 heavy (non-hydrogen) atoms. The fourth-order valence-corrected chi connectivity index (χ4v) is 2.46. The number of amides is 2. The molecule has 1 aliphatic rings. The molecule has 1 aliphatic heterocycles. The summed E-state index contributed by atoms with van der Waals surface area (Å²) in [6.07, 6.45) is 0. The fourth-order valence-electron chi connectivity index (χ4n) is 2.46. The second-order valence-corrected chi connectivity index (χ2v) is 4.90. The van der Waals surface area contributed by atoms with Crippen molar-refractivity contribution in [3.05, 3.63) is 63.2 Å². The second kappa shape index (κ2) is 4.66. The number of carbonyl (C=O) groups is 2. The van der Waals surface area contributed by atoms with Crippen molar-refractivity contribution in [1.29, 1.82) is 0 Å². The lowest BCUT2D eigenvalue weighted by Crippen LogP contribution is -2.29. The topological polar surface area (TPSA) is 101 Å². The average molecular weight is 298 g/mol. The minimum Gasteiger partial charge on any atom is -0.501 e. The fraction of sp³-hybridized carbons (Fsp3) is 0.0667. The Morgan fingerprint density at radius 3 is 2.14 bits per heavy atom. The highest BCUT2D eigenvalue weighted by Gasteiger charge is 2.39. The molecule has 0 radical (unpaired) electrons. The smallest absolute Gasteiger partial charge is 0.313 e. The maximum atomic E-state index is 12.4. The standard InChI is InChI=1S/C15H10N2O5/c1-8-6-11(13(18)12(7-8)17(21)22)16-14(19)9-4-2-3-5-10(9)15(16)20/h2-7,18H,1H3. The number of anilines is 1. The monoisotopic (exact) mass is 298 g/mol. The third kappa shape index (κ3) is 1.83. The quantitative estimate of drug-likeness (QED) is 0.521. The van der Waals surface area contributed by atoms with Gasteiger partial charge in [-0.05, 0) is 30.7 Å². The summed E-state index contributed by atoms with van der Waals surface area (Å²) >= 11 is 0. The van der Waals surface area contributed by atoms with Crippen molar-refractivity contribution < 1.29 is 19.6 Å². The molecule has 0 aromatic heterocycles. The molecular formula is C15H10N2O5. The number of phenols is 1. The van der Waals surface area contributed by atoms with Gasteiger partial charge in [0.25, 0.3) is 11.8 Å². The number of hydrogen-bond acceptors (Lipinski definition) is 5. The molecule has 0 saturated heterocycles. The first kappa shape index (κ1) is 13.7. The van der Waals surface area contributed by atoms with Gasteiger partial charge in [-0.15, -0.1) is 0 Å². The molecule has 3 rings (SSSR count). The van der Waals surface area contributed by atoms with E-state index in [9.17, 15) is 24.8 Å². The highest BCUT2D eigenvalue weighted by molar-refractivity contribution is 6.35. The van der Waals surface area contributed by atoms with Crippen LogP contribution in [0.4, 0.5) is 11.4 Å². The number of imide groups is 1. The van der Waals surface area contributed by atoms with Gasteiger partial charge in [0.05, 0.1) is 16.1 Å². The predicted octanol–water partition coefficient (Wildman–Crippen LogP) is 2.41. The molecule has 0 fully saturated rings. The number of phenolic OH excluding ortho intramolecular Hbond substituents is 1. The normalized spacial score (nSPS) is 13.4. The largest absolute Gasteiger partial charge is 0.501 e. The molecular weight excluding hydrogens is 288 g/mol. The summed E-state index contributed by atoms with van der Waals surface area (Å²) in [4.78, 5) is 35.7. The summed E-state index contributed by atoms with van der Waals surface area (Å²) in [5, 5.41) is 21.1. The first-order valence-electron chi connectivity index (χ1n) is 6.37. The van der Waals surface area contributed by atoms with Gasteiger partial charge in [-0.1, -0.05) is 12.1 Å². The van der Waals surface area contributed by atoms with Crippen molar-refractivity contribution >= 4 is 23.2 Å². The summed E-state index contributed by atoms with van der Waals surface area (Å²) in [5.74, 6) is -1.93. The molecule has 2 aromatic rings. The van der Waals surface area contributed by atoms with Gasteiger partial charge in [0.2, 0.25) is 5.75 Å². The number of hydrogen-bond donors (Lipinski definition) is 1. The van der Waals surface area contributed by atoms with Gasteiger partial charge in [0.1, 0.15) is 5.69 Å². The predicted molar refractivity (Wildman–Crippen MR) is 77.1 cm³/mol. The molecule has 7 nitrogen and oxygen atoms in total. The summed E-state index contributed by atoms with van der Waals surface area (Å²) < 4.78 is 0. The molecule has 0 atom stereocenters. The minimum atomic E-state index is -0.760. The highest BCUT2D eigenvalue weighted by Crippen LogP contribution is 2.40. The van der Waals surface area contributed by atoms with E-state index in [1.165, 1.54) is 24.3 Å². The maximum Gasteiger partial charge on any atom is 0.313 e. The summed E-state index contributed by atoms with van der Waals surface area (Å²) in [6.45, 7) is 1.58. The summed E-state index contributed by atoms with van der Waals surface area (Å²) in [5.41, 5.74) is 0.132. The lowest BCUT2D eigenvalue weighted by molar-refractivity contribution is -0.385. The Hall–Kier alpha value is -3.22. The van der Waals surface area contributed by atoms with E-state index < -0.39 is 28.2 Å². The van der Waals surface area contributed by atoms with Crippen LogP contribution in [0.5, 0.6) is 5.75 Å². The Bertz CT molecular complexity index is 809. The Morgan fingerprint density at radius 2 is 1.64 bits per heavy atom. The SMILES string of the molecule is Cc1cc(N2C(=O)c3ccccc3C2=O)c(O)c([N+](=O)[O-])c1. The number of aryl methyl sites for hydroxylation is 1. The van der Waals surface area contributed by atoms with Gasteiger partial charge in [-0.2, -0.15) is 0 Å². The van der Waals surface area contributed by atoms with Crippen LogP contribution in [0.1, 0.15) is 26.3 Å². The first-order chi connectivity index (χ1) is 10.4. The van der Waals surface area contributed by atoms with Gasteiger partial charge in [-0.3, -0.25) is 19.7 Å². The Kier molecular flexibility index (Phi) is 2.91. The van der Waals surface area contributed by atoms with Gasteiger partial charge >= 0.3 is 5.69 Å². The Labute approximate surface area is 124 Å². The van der Waals surface area contributed by atoms with E-state index in [-0.39, 0.29) is 16.8 Å². The van der Waals surface area contributed by atoms with Gasteiger partial charge in [0.15, 0.2) is 0 Å². The van der Waals surface area contributed by atoms with Crippen molar-refractivity contribution in [3.8, 4) is 5.75 Å². The zero-order valence-corrected chi connectivity index (χ0v) is 11.4. The number of fused-ring (bicyclic) bond motifs is 1. The van der Waals surface area contributed by atoms with Crippen molar-refractivity contribution in [2.24, 2.45) is 0 Å². The third-order valence-corrected chi connectivity index (χ3v) is 3.45. The Balaban J connectivity index is 2.20. The third-order valence-electron chi connectivity index (χ3n) is 3.45. The lowest BCUT2D eigenvalue weighted by atomic mass is 10.1. The van der Waals surface area contributed by atoms with Crippen LogP contribution in [0, 0.1) is 17.0 Å². The van der Waals surface area contributed by atoms with Crippen LogP contribution in [-0.2, 0) is 0 Å². The second-order valence-electron chi connectivity index (χ2n) is 4.90. The average Bonchev–Trinajstić information content (AvgIpc) is 2.73. The molecule has 2 amide bonds. The van der Waals surface area contributed by atoms with Crippen LogP contribution >= 0.6 is 0 Å². The van der Waals surface area contributed by atoms with Gasteiger partial charge in [-0.25, -0.2) is 4.90 Å². The molecule has 7 heteroatoms. The molecule has 0 saturated carbocycles. The molecule has 0 aliphatic carbocycles. The number of aromatic hydroxyl groups is 1. The van der Waals surface area contributed by atoms with Crippen LogP contribution < -0.4 is 4.90 Å². The van der Waals surface area contributed by atoms with Crippen molar-refractivity contribution in [1.82, 2.24) is 0 Å². The number of carbonyl (C=O) groups excluding carboxylic acids is 2. The molecule has 1 N–H and O–H groups in total. The van der Waals surface area contributed by atoms with E-state index in [1.807, 2.05) is 0 Å². The number of benzene rings is 2. The molecule has 0 bridgehead atoms. The van der Waals surface area contributed by atoms with Gasteiger partial charge < -0.3 is 5.11 Å². The number of rotatable bonds is 2. The zero-order chi connectivity index (χ0) is 16.0. The van der Waals surface area contributed by atoms with Crippen LogP contribution in [-0.4, -0.2) is 21.8 Å². The van der Waals surface area contributed by atoms with E-state index in [4.69, 9.17) is 0 Å². The summed E-state index contributed by atoms with van der Waals surface area (Å²) in [6, 6.07) is 8.77. The molecule has 110 valence electrons. The molecule has 0 unspecified atom stereocenters. The van der Waals surface area contributed by atoms with E-state index in [1.54, 1.807) is 19.1 Å². The van der Waals surface area contributed by atoms with E-state index >= 15 is 0 Å². The number of nitro groups is 1. The van der Waals surface area contributed by atoms with Crippen LogP contribution in [0.2, 0.25) is 0 Å². The van der Waals surface area contributed by atoms with Crippen molar-refractivity contribution in [2.45, 2.75) is 6.92 Å². The lowest BCUT2D eigenvalue weighted by Gasteiger charge is -2.16. The van der Waals surface area contributed by atoms with Crippen molar-refractivity contribution in [3.63, 3.8) is 0 Å². The first-order valence-corrected chi connectivity index (χ1v) is 6.37. The van der Waals surface area contributed by atoms with Crippen LogP contribution in [0.15, 0.2) is 36.4 Å². The zero-order valence-electron chi connectivity index (χ0n) is 11.4. The maximum absolute atomic E-state index is 12.4. The molecule has 1 heterocycles. The highest BCUT2D eigenvalue weighted by atomic mass is 16.6. The van der Waals surface area contributed by atoms with Crippen molar-refractivity contribution in [2.75, 3.05) is 4.90 Å². The van der Waals surface area contributed by atoms with E-state index in [2.05, 4.69) is 0 Å². The van der Waals surface area contributed by atoms with Crippen LogP contribution in [0.25, 0.3) is 0 Å². The number of nitro benzene ring substituents is 1. The van der Waals surface area contributed by atoms with Gasteiger partial charge in [0, 0.05) is 6.07 Å². The summed E-state index contributed by atoms with van der Waals surface area (Å²) in [7, 11) is 0. The molecule has 0 spiro atoms. The molecule has 2 aromatic carbocycles. The van der Waals surface area contributed by atoms with Crippen LogP contribution in [0.3, 0.4) is 0 Å². The van der Waals surface area contributed by atoms with E-state index in [0.717, 1.165) is 4.90 Å².